The summed E-state index contributed by atoms with van der Waals surface area (Å²) < 4.78 is 12.7. The highest BCUT2D eigenvalue weighted by Gasteiger charge is 2.21. The number of guanidine groups is 1. The standard InChI is InChI=1S/C21H32N6O2/c1-22-21(23-8-4-10-27-11-5-9-24-27)25-17-6-12-26(13-7-17)18-14-19(28-2)16-20(15-18)29-3/h5,9,11,14-17H,4,6-8,10,12-13H2,1-3H3,(H2,22,23,25). The highest BCUT2D eigenvalue weighted by atomic mass is 16.5. The Morgan fingerprint density at radius 2 is 1.90 bits per heavy atom. The van der Waals surface area contributed by atoms with Crippen molar-refractivity contribution in [2.24, 2.45) is 4.99 Å². The van der Waals surface area contributed by atoms with Crippen LogP contribution < -0.4 is 25.0 Å². The number of hydrogen-bond acceptors (Lipinski definition) is 5. The Morgan fingerprint density at radius 1 is 1.17 bits per heavy atom. The van der Waals surface area contributed by atoms with Gasteiger partial charge in [-0.1, -0.05) is 0 Å². The van der Waals surface area contributed by atoms with Crippen LogP contribution >= 0.6 is 0 Å². The first-order chi connectivity index (χ1) is 14.2. The number of hydrogen-bond donors (Lipinski definition) is 2. The van der Waals surface area contributed by atoms with Crippen LogP contribution in [0.2, 0.25) is 0 Å². The number of aromatic nitrogens is 2. The Balaban J connectivity index is 1.43. The molecule has 1 aromatic heterocycles. The van der Waals surface area contributed by atoms with E-state index < -0.39 is 0 Å². The molecular weight excluding hydrogens is 368 g/mol. The second-order valence-electron chi connectivity index (χ2n) is 7.10. The fraction of sp³-hybridized carbons (Fsp3) is 0.524. The molecule has 2 heterocycles. The van der Waals surface area contributed by atoms with Crippen LogP contribution in [0.3, 0.4) is 0 Å². The van der Waals surface area contributed by atoms with Crippen molar-refractivity contribution in [1.82, 2.24) is 20.4 Å². The summed E-state index contributed by atoms with van der Waals surface area (Å²) in [6.07, 6.45) is 6.89. The normalized spacial score (nSPS) is 15.3. The molecule has 1 aromatic carbocycles. The fourth-order valence-corrected chi connectivity index (χ4v) is 3.53. The predicted octanol–water partition coefficient (Wildman–Crippen LogP) is 2.12. The van der Waals surface area contributed by atoms with Gasteiger partial charge in [-0.15, -0.1) is 0 Å². The molecule has 0 aliphatic carbocycles. The van der Waals surface area contributed by atoms with E-state index in [4.69, 9.17) is 9.47 Å². The van der Waals surface area contributed by atoms with Gasteiger partial charge >= 0.3 is 0 Å². The Labute approximate surface area is 172 Å². The first kappa shape index (κ1) is 20.8. The summed E-state index contributed by atoms with van der Waals surface area (Å²) in [5.74, 6) is 2.51. The number of aryl methyl sites for hydroxylation is 1. The lowest BCUT2D eigenvalue weighted by molar-refractivity contribution is 0.393. The molecule has 0 unspecified atom stereocenters. The minimum atomic E-state index is 0.413. The van der Waals surface area contributed by atoms with Crippen molar-refractivity contribution in [2.45, 2.75) is 31.8 Å². The van der Waals surface area contributed by atoms with Gasteiger partial charge in [0, 0.05) is 75.5 Å². The van der Waals surface area contributed by atoms with Gasteiger partial charge in [0.1, 0.15) is 11.5 Å². The third kappa shape index (κ3) is 6.04. The van der Waals surface area contributed by atoms with Gasteiger partial charge in [0.05, 0.1) is 14.2 Å². The van der Waals surface area contributed by atoms with Crippen LogP contribution in [0.15, 0.2) is 41.7 Å². The van der Waals surface area contributed by atoms with E-state index in [2.05, 4.69) is 37.8 Å². The molecule has 0 amide bonds. The molecule has 1 saturated heterocycles. The lowest BCUT2D eigenvalue weighted by atomic mass is 10.0. The SMILES string of the molecule is CN=C(NCCCn1cccn1)NC1CCN(c2cc(OC)cc(OC)c2)CC1. The molecule has 3 rings (SSSR count). The van der Waals surface area contributed by atoms with E-state index in [1.807, 2.05) is 36.3 Å². The zero-order valence-electron chi connectivity index (χ0n) is 17.6. The third-order valence-electron chi connectivity index (χ3n) is 5.18. The van der Waals surface area contributed by atoms with Crippen LogP contribution in [0.5, 0.6) is 11.5 Å². The van der Waals surface area contributed by atoms with Gasteiger partial charge < -0.3 is 25.0 Å². The average Bonchev–Trinajstić information content (AvgIpc) is 3.29. The first-order valence-corrected chi connectivity index (χ1v) is 10.1. The van der Waals surface area contributed by atoms with Gasteiger partial charge in [0.15, 0.2) is 5.96 Å². The van der Waals surface area contributed by atoms with Crippen LogP contribution in [0.4, 0.5) is 5.69 Å². The molecule has 0 bridgehead atoms. The number of aliphatic imine (C=N–C) groups is 1. The maximum atomic E-state index is 5.40. The molecule has 2 N–H and O–H groups in total. The Hall–Kier alpha value is -2.90. The van der Waals surface area contributed by atoms with Crippen molar-refractivity contribution < 1.29 is 9.47 Å². The molecule has 158 valence electrons. The number of benzene rings is 1. The number of nitrogens with zero attached hydrogens (tertiary/aromatic N) is 4. The Kier molecular flexibility index (Phi) is 7.61. The summed E-state index contributed by atoms with van der Waals surface area (Å²) in [7, 11) is 5.19. The first-order valence-electron chi connectivity index (χ1n) is 10.1. The highest BCUT2D eigenvalue weighted by Crippen LogP contribution is 2.30. The number of methoxy groups -OCH3 is 2. The van der Waals surface area contributed by atoms with Gasteiger partial charge in [-0.05, 0) is 25.3 Å². The topological polar surface area (TPSA) is 75.9 Å². The number of rotatable bonds is 8. The molecule has 0 spiro atoms. The molecule has 0 saturated carbocycles. The monoisotopic (exact) mass is 400 g/mol. The maximum absolute atomic E-state index is 5.40. The van der Waals surface area contributed by atoms with Crippen molar-refractivity contribution in [3.05, 3.63) is 36.7 Å². The van der Waals surface area contributed by atoms with Crippen molar-refractivity contribution in [1.29, 1.82) is 0 Å². The number of ether oxygens (including phenoxy) is 2. The van der Waals surface area contributed by atoms with Gasteiger partial charge in [-0.3, -0.25) is 9.67 Å². The van der Waals surface area contributed by atoms with Crippen molar-refractivity contribution in [3.63, 3.8) is 0 Å². The smallest absolute Gasteiger partial charge is 0.191 e. The molecule has 1 aliphatic heterocycles. The van der Waals surface area contributed by atoms with E-state index in [9.17, 15) is 0 Å². The van der Waals surface area contributed by atoms with Gasteiger partial charge in [0.2, 0.25) is 0 Å². The van der Waals surface area contributed by atoms with Crippen molar-refractivity contribution in [2.75, 3.05) is 45.8 Å². The summed E-state index contributed by atoms with van der Waals surface area (Å²) >= 11 is 0. The summed E-state index contributed by atoms with van der Waals surface area (Å²) in [5.41, 5.74) is 1.14. The minimum absolute atomic E-state index is 0.413. The van der Waals surface area contributed by atoms with E-state index >= 15 is 0 Å². The quantitative estimate of drug-likeness (QED) is 0.402. The zero-order chi connectivity index (χ0) is 20.5. The molecule has 2 aromatic rings. The number of nitrogens with one attached hydrogen (secondary N) is 2. The minimum Gasteiger partial charge on any atom is -0.497 e. The molecule has 0 radical (unpaired) electrons. The molecule has 8 nitrogen and oxygen atoms in total. The molecular formula is C21H32N6O2. The van der Waals surface area contributed by atoms with E-state index in [1.165, 1.54) is 0 Å². The second-order valence-corrected chi connectivity index (χ2v) is 7.10. The van der Waals surface area contributed by atoms with Gasteiger partial charge in [0.25, 0.3) is 0 Å². The zero-order valence-corrected chi connectivity index (χ0v) is 17.6. The maximum Gasteiger partial charge on any atom is 0.191 e. The fourth-order valence-electron chi connectivity index (χ4n) is 3.53. The second kappa shape index (κ2) is 10.6. The molecule has 29 heavy (non-hydrogen) atoms. The summed E-state index contributed by atoms with van der Waals surface area (Å²) in [4.78, 5) is 6.74. The summed E-state index contributed by atoms with van der Waals surface area (Å²) in [6.45, 7) is 3.72. The van der Waals surface area contributed by atoms with Crippen molar-refractivity contribution >= 4 is 11.6 Å². The van der Waals surface area contributed by atoms with Gasteiger partial charge in [-0.25, -0.2) is 0 Å². The molecule has 0 atom stereocenters. The predicted molar refractivity (Wildman–Crippen MR) is 116 cm³/mol. The number of piperidine rings is 1. The van der Waals surface area contributed by atoms with Crippen LogP contribution in [-0.4, -0.2) is 62.7 Å². The van der Waals surface area contributed by atoms with Crippen molar-refractivity contribution in [3.8, 4) is 11.5 Å². The highest BCUT2D eigenvalue weighted by molar-refractivity contribution is 5.80. The molecule has 8 heteroatoms. The van der Waals surface area contributed by atoms with Crippen LogP contribution in [0.1, 0.15) is 19.3 Å². The summed E-state index contributed by atoms with van der Waals surface area (Å²) in [6, 6.07) is 8.39. The lowest BCUT2D eigenvalue weighted by Gasteiger charge is -2.34. The van der Waals surface area contributed by atoms with E-state index in [0.29, 0.717) is 6.04 Å². The van der Waals surface area contributed by atoms with Crippen LogP contribution in [0.25, 0.3) is 0 Å². The molecule has 1 fully saturated rings. The largest absolute Gasteiger partial charge is 0.497 e. The summed E-state index contributed by atoms with van der Waals surface area (Å²) in [5, 5.41) is 11.2. The Morgan fingerprint density at radius 3 is 2.48 bits per heavy atom. The van der Waals surface area contributed by atoms with Crippen LogP contribution in [-0.2, 0) is 6.54 Å². The van der Waals surface area contributed by atoms with E-state index in [0.717, 1.165) is 68.6 Å². The van der Waals surface area contributed by atoms with Crippen LogP contribution in [0, 0.1) is 0 Å². The average molecular weight is 401 g/mol. The molecule has 1 aliphatic rings. The third-order valence-corrected chi connectivity index (χ3v) is 5.18. The van der Waals surface area contributed by atoms with E-state index in [1.54, 1.807) is 14.2 Å². The van der Waals surface area contributed by atoms with E-state index in [-0.39, 0.29) is 0 Å². The lowest BCUT2D eigenvalue weighted by Crippen LogP contribution is -2.49. The number of anilines is 1. The van der Waals surface area contributed by atoms with Gasteiger partial charge in [-0.2, -0.15) is 5.10 Å². The Bertz CT molecular complexity index is 747.